The van der Waals surface area contributed by atoms with Gasteiger partial charge in [-0.3, -0.25) is 24.0 Å². The molecule has 0 fully saturated rings. The lowest BCUT2D eigenvalue weighted by molar-refractivity contribution is -0.143. The molecule has 0 heterocycles. The standard InChI is InChI=1S/C19H34N6O8S/c1-9(26)15(18(31)24-12(19(32)33)4-6-14(22)28)25-17(30)11(7-8-34-2)23-16(29)10(20)3-5-13(21)27/h9-12,15,26H,3-8,20H2,1-2H3,(H2,21,27)(H2,22,28)(H,23,29)(H,24,31)(H,25,30)(H,32,33). The molecule has 0 bridgehead atoms. The molecule has 0 aliphatic heterocycles. The summed E-state index contributed by atoms with van der Waals surface area (Å²) in [5.41, 5.74) is 15.8. The van der Waals surface area contributed by atoms with E-state index < -0.39 is 65.8 Å². The van der Waals surface area contributed by atoms with Gasteiger partial charge in [0.15, 0.2) is 0 Å². The summed E-state index contributed by atoms with van der Waals surface area (Å²) in [5.74, 6) is -4.90. The van der Waals surface area contributed by atoms with Crippen LogP contribution in [0.4, 0.5) is 0 Å². The van der Waals surface area contributed by atoms with Crippen molar-refractivity contribution in [2.24, 2.45) is 17.2 Å². The number of carboxylic acids is 1. The monoisotopic (exact) mass is 506 g/mol. The summed E-state index contributed by atoms with van der Waals surface area (Å²) < 4.78 is 0. The lowest BCUT2D eigenvalue weighted by atomic mass is 10.1. The molecule has 5 amide bonds. The summed E-state index contributed by atoms with van der Waals surface area (Å²) in [5, 5.41) is 26.1. The van der Waals surface area contributed by atoms with Crippen molar-refractivity contribution in [3.8, 4) is 0 Å². The minimum absolute atomic E-state index is 0.0291. The highest BCUT2D eigenvalue weighted by Crippen LogP contribution is 2.06. The first kappa shape index (κ1) is 31.1. The maximum Gasteiger partial charge on any atom is 0.326 e. The Hall–Kier alpha value is -2.91. The Balaban J connectivity index is 5.36. The SMILES string of the molecule is CSCCC(NC(=O)C(N)CCC(N)=O)C(=O)NC(C(=O)NC(CCC(N)=O)C(=O)O)C(C)O. The van der Waals surface area contributed by atoms with E-state index in [-0.39, 0.29) is 32.1 Å². The fourth-order valence-corrected chi connectivity index (χ4v) is 3.15. The summed E-state index contributed by atoms with van der Waals surface area (Å²) in [6, 6.07) is -5.26. The van der Waals surface area contributed by atoms with E-state index in [0.717, 1.165) is 0 Å². The van der Waals surface area contributed by atoms with Gasteiger partial charge in [0.1, 0.15) is 18.1 Å². The largest absolute Gasteiger partial charge is 0.480 e. The van der Waals surface area contributed by atoms with Gasteiger partial charge in [0, 0.05) is 12.8 Å². The van der Waals surface area contributed by atoms with Crippen molar-refractivity contribution in [2.45, 2.75) is 69.3 Å². The van der Waals surface area contributed by atoms with Gasteiger partial charge in [0.05, 0.1) is 12.1 Å². The van der Waals surface area contributed by atoms with E-state index in [2.05, 4.69) is 16.0 Å². The number of nitrogens with two attached hydrogens (primary N) is 3. The van der Waals surface area contributed by atoms with Gasteiger partial charge in [0.2, 0.25) is 29.5 Å². The van der Waals surface area contributed by atoms with Crippen molar-refractivity contribution in [2.75, 3.05) is 12.0 Å². The zero-order chi connectivity index (χ0) is 26.4. The van der Waals surface area contributed by atoms with Gasteiger partial charge in [-0.15, -0.1) is 0 Å². The Labute approximate surface area is 201 Å². The number of hydrogen-bond acceptors (Lipinski definition) is 9. The molecule has 0 aliphatic rings. The minimum atomic E-state index is -1.56. The summed E-state index contributed by atoms with van der Waals surface area (Å²) in [6.45, 7) is 1.21. The van der Waals surface area contributed by atoms with E-state index in [1.807, 2.05) is 0 Å². The zero-order valence-electron chi connectivity index (χ0n) is 19.1. The molecule has 5 unspecified atom stereocenters. The van der Waals surface area contributed by atoms with Crippen molar-refractivity contribution in [1.29, 1.82) is 0 Å². The molecule has 194 valence electrons. The number of carbonyl (C=O) groups excluding carboxylic acids is 5. The maximum atomic E-state index is 12.8. The molecule has 0 radical (unpaired) electrons. The summed E-state index contributed by atoms with van der Waals surface area (Å²) in [6.07, 6.45) is -0.233. The molecule has 34 heavy (non-hydrogen) atoms. The smallest absolute Gasteiger partial charge is 0.326 e. The van der Waals surface area contributed by atoms with Crippen LogP contribution in [0.3, 0.4) is 0 Å². The second-order valence-electron chi connectivity index (χ2n) is 7.59. The van der Waals surface area contributed by atoms with Gasteiger partial charge < -0.3 is 43.4 Å². The highest BCUT2D eigenvalue weighted by atomic mass is 32.2. The fraction of sp³-hybridized carbons (Fsp3) is 0.684. The van der Waals surface area contributed by atoms with Crippen LogP contribution in [-0.2, 0) is 28.8 Å². The first-order valence-corrected chi connectivity index (χ1v) is 11.8. The van der Waals surface area contributed by atoms with Gasteiger partial charge in [-0.05, 0) is 38.2 Å². The van der Waals surface area contributed by atoms with Crippen molar-refractivity contribution in [1.82, 2.24) is 16.0 Å². The molecule has 0 aromatic rings. The zero-order valence-corrected chi connectivity index (χ0v) is 19.9. The molecule has 0 aromatic carbocycles. The predicted molar refractivity (Wildman–Crippen MR) is 123 cm³/mol. The lowest BCUT2D eigenvalue weighted by Gasteiger charge is -2.26. The summed E-state index contributed by atoms with van der Waals surface area (Å²) in [4.78, 5) is 70.9. The van der Waals surface area contributed by atoms with Gasteiger partial charge in [-0.25, -0.2) is 4.79 Å². The summed E-state index contributed by atoms with van der Waals surface area (Å²) in [7, 11) is 0. The van der Waals surface area contributed by atoms with Crippen LogP contribution in [0.2, 0.25) is 0 Å². The molecule has 14 nitrogen and oxygen atoms in total. The van der Waals surface area contributed by atoms with Crippen molar-refractivity contribution < 1.29 is 39.0 Å². The Morgan fingerprint density at radius 3 is 1.82 bits per heavy atom. The average molecular weight is 507 g/mol. The number of nitrogens with one attached hydrogen (secondary N) is 3. The van der Waals surface area contributed by atoms with E-state index in [9.17, 15) is 39.0 Å². The van der Waals surface area contributed by atoms with Crippen LogP contribution in [0.25, 0.3) is 0 Å². The number of aliphatic carboxylic acids is 1. The third-order valence-electron chi connectivity index (χ3n) is 4.64. The van der Waals surface area contributed by atoms with Crippen LogP contribution >= 0.6 is 11.8 Å². The number of aliphatic hydroxyl groups is 1. The molecule has 0 saturated heterocycles. The van der Waals surface area contributed by atoms with Crippen LogP contribution in [-0.4, -0.2) is 88.0 Å². The third kappa shape index (κ3) is 12.4. The van der Waals surface area contributed by atoms with Crippen LogP contribution in [0.15, 0.2) is 0 Å². The highest BCUT2D eigenvalue weighted by molar-refractivity contribution is 7.98. The molecule has 5 atom stereocenters. The van der Waals surface area contributed by atoms with E-state index in [0.29, 0.717) is 5.75 Å². The number of rotatable bonds is 17. The number of carbonyl (C=O) groups is 6. The molecular weight excluding hydrogens is 472 g/mol. The first-order chi connectivity index (χ1) is 15.8. The molecule has 0 saturated carbocycles. The van der Waals surface area contributed by atoms with Gasteiger partial charge in [0.25, 0.3) is 0 Å². The molecule has 0 aliphatic carbocycles. The number of thioether (sulfide) groups is 1. The lowest BCUT2D eigenvalue weighted by Crippen LogP contribution is -2.60. The maximum absolute atomic E-state index is 12.8. The number of carboxylic acid groups (broad SMARTS) is 1. The molecule has 11 N–H and O–H groups in total. The second kappa shape index (κ2) is 15.8. The Bertz CT molecular complexity index is 750. The fourth-order valence-electron chi connectivity index (χ4n) is 2.68. The normalized spacial score (nSPS) is 15.2. The van der Waals surface area contributed by atoms with E-state index in [1.165, 1.54) is 18.7 Å². The van der Waals surface area contributed by atoms with Crippen LogP contribution < -0.4 is 33.2 Å². The molecule has 0 rings (SSSR count). The number of primary amides is 2. The minimum Gasteiger partial charge on any atom is -0.480 e. The number of amides is 5. The van der Waals surface area contributed by atoms with E-state index in [1.54, 1.807) is 6.26 Å². The Morgan fingerprint density at radius 1 is 0.824 bits per heavy atom. The molecule has 0 spiro atoms. The number of aliphatic hydroxyl groups excluding tert-OH is 1. The Morgan fingerprint density at radius 2 is 1.35 bits per heavy atom. The quantitative estimate of drug-likeness (QED) is 0.0965. The molecule has 0 aromatic heterocycles. The van der Waals surface area contributed by atoms with Crippen LogP contribution in [0.1, 0.15) is 39.0 Å². The van der Waals surface area contributed by atoms with Gasteiger partial charge in [-0.2, -0.15) is 11.8 Å². The topological polar surface area (TPSA) is 257 Å². The third-order valence-corrected chi connectivity index (χ3v) is 5.28. The molecular formula is C19H34N6O8S. The van der Waals surface area contributed by atoms with Gasteiger partial charge >= 0.3 is 5.97 Å². The van der Waals surface area contributed by atoms with E-state index in [4.69, 9.17) is 17.2 Å². The highest BCUT2D eigenvalue weighted by Gasteiger charge is 2.32. The van der Waals surface area contributed by atoms with Crippen LogP contribution in [0, 0.1) is 0 Å². The Kier molecular flexibility index (Phi) is 14.5. The summed E-state index contributed by atoms with van der Waals surface area (Å²) >= 11 is 1.39. The van der Waals surface area contributed by atoms with Crippen LogP contribution in [0.5, 0.6) is 0 Å². The van der Waals surface area contributed by atoms with Crippen molar-refractivity contribution in [3.05, 3.63) is 0 Å². The van der Waals surface area contributed by atoms with Crippen molar-refractivity contribution in [3.63, 3.8) is 0 Å². The predicted octanol–water partition coefficient (Wildman–Crippen LogP) is -3.48. The van der Waals surface area contributed by atoms with E-state index >= 15 is 0 Å². The van der Waals surface area contributed by atoms with Crippen molar-refractivity contribution >= 4 is 47.3 Å². The average Bonchev–Trinajstić information content (AvgIpc) is 2.74. The van der Waals surface area contributed by atoms with Gasteiger partial charge in [-0.1, -0.05) is 0 Å². The second-order valence-corrected chi connectivity index (χ2v) is 8.57. The molecule has 15 heteroatoms. The first-order valence-electron chi connectivity index (χ1n) is 10.4. The number of hydrogen-bond donors (Lipinski definition) is 8.